The van der Waals surface area contributed by atoms with Crippen LogP contribution in [0.25, 0.3) is 0 Å². The molecular weight excluding hydrogens is 388 g/mol. The molecule has 0 atom stereocenters. The van der Waals surface area contributed by atoms with Gasteiger partial charge in [-0.1, -0.05) is 39.0 Å². The number of carbonyl (C=O) groups is 1. The number of fused-ring (bicyclic) bond motifs is 1. The number of benzene rings is 2. The number of carbonyl (C=O) groups excluding carboxylic acids is 1. The van der Waals surface area contributed by atoms with Gasteiger partial charge in [0.25, 0.3) is 5.91 Å². The zero-order chi connectivity index (χ0) is 21.2. The van der Waals surface area contributed by atoms with E-state index in [1.165, 1.54) is 16.1 Å². The van der Waals surface area contributed by atoms with E-state index in [9.17, 15) is 13.2 Å². The summed E-state index contributed by atoms with van der Waals surface area (Å²) in [5, 5.41) is 2.82. The van der Waals surface area contributed by atoms with Gasteiger partial charge in [0.1, 0.15) is 5.75 Å². The molecule has 29 heavy (non-hydrogen) atoms. The lowest BCUT2D eigenvalue weighted by Crippen LogP contribution is -2.35. The smallest absolute Gasteiger partial charge is 0.262 e. The zero-order valence-corrected chi connectivity index (χ0v) is 18.2. The van der Waals surface area contributed by atoms with E-state index >= 15 is 0 Å². The number of hydrogen-bond acceptors (Lipinski definition) is 4. The van der Waals surface area contributed by atoms with E-state index < -0.39 is 10.0 Å². The van der Waals surface area contributed by atoms with Crippen LogP contribution in [0.4, 0.5) is 5.69 Å². The molecule has 7 heteroatoms. The Morgan fingerprint density at radius 3 is 2.41 bits per heavy atom. The molecule has 3 rings (SSSR count). The molecule has 1 N–H and O–H groups in total. The number of amides is 1. The fourth-order valence-corrected chi connectivity index (χ4v) is 4.09. The lowest BCUT2D eigenvalue weighted by molar-refractivity contribution is -0.118. The highest BCUT2D eigenvalue weighted by Gasteiger charge is 2.23. The van der Waals surface area contributed by atoms with Crippen molar-refractivity contribution in [1.29, 1.82) is 0 Å². The van der Waals surface area contributed by atoms with E-state index in [2.05, 4.69) is 26.1 Å². The van der Waals surface area contributed by atoms with Crippen molar-refractivity contribution in [3.05, 3.63) is 59.2 Å². The summed E-state index contributed by atoms with van der Waals surface area (Å²) >= 11 is 0. The predicted octanol–water partition coefficient (Wildman–Crippen LogP) is 3.32. The summed E-state index contributed by atoms with van der Waals surface area (Å²) < 4.78 is 30.6. The number of hydrogen-bond donors (Lipinski definition) is 1. The summed E-state index contributed by atoms with van der Waals surface area (Å²) in [5.41, 5.74) is 3.92. The Morgan fingerprint density at radius 1 is 1.10 bits per heavy atom. The van der Waals surface area contributed by atoms with Gasteiger partial charge in [0.2, 0.25) is 10.0 Å². The van der Waals surface area contributed by atoms with Crippen LogP contribution in [-0.2, 0) is 33.2 Å². The molecule has 1 aliphatic heterocycles. The average molecular weight is 417 g/mol. The van der Waals surface area contributed by atoms with Crippen molar-refractivity contribution >= 4 is 21.6 Å². The second-order valence-corrected chi connectivity index (χ2v) is 10.4. The normalized spacial score (nSPS) is 14.9. The van der Waals surface area contributed by atoms with Crippen LogP contribution >= 0.6 is 0 Å². The number of rotatable bonds is 5. The van der Waals surface area contributed by atoms with Gasteiger partial charge in [0.15, 0.2) is 6.61 Å². The lowest BCUT2D eigenvalue weighted by atomic mass is 9.87. The van der Waals surface area contributed by atoms with Crippen molar-refractivity contribution in [3.8, 4) is 5.75 Å². The van der Waals surface area contributed by atoms with Crippen LogP contribution in [0.15, 0.2) is 42.5 Å². The van der Waals surface area contributed by atoms with Gasteiger partial charge in [-0.15, -0.1) is 0 Å². The molecule has 0 saturated carbocycles. The van der Waals surface area contributed by atoms with E-state index in [-0.39, 0.29) is 17.9 Å². The molecule has 0 unspecified atom stereocenters. The second kappa shape index (κ2) is 8.16. The van der Waals surface area contributed by atoms with E-state index in [0.717, 1.165) is 11.1 Å². The number of ether oxygens (including phenoxy) is 1. The summed E-state index contributed by atoms with van der Waals surface area (Å²) in [6.45, 7) is 7.15. The summed E-state index contributed by atoms with van der Waals surface area (Å²) in [6.07, 6.45) is 1.89. The Labute approximate surface area is 172 Å². The van der Waals surface area contributed by atoms with Gasteiger partial charge in [-0.05, 0) is 52.8 Å². The van der Waals surface area contributed by atoms with Gasteiger partial charge in [-0.25, -0.2) is 8.42 Å². The van der Waals surface area contributed by atoms with Crippen LogP contribution in [0.3, 0.4) is 0 Å². The zero-order valence-electron chi connectivity index (χ0n) is 17.4. The van der Waals surface area contributed by atoms with Crippen LogP contribution in [-0.4, -0.2) is 38.0 Å². The maximum Gasteiger partial charge on any atom is 0.262 e. The van der Waals surface area contributed by atoms with Crippen molar-refractivity contribution in [1.82, 2.24) is 4.31 Å². The van der Waals surface area contributed by atoms with Crippen molar-refractivity contribution in [2.24, 2.45) is 0 Å². The minimum Gasteiger partial charge on any atom is -0.484 e. The fourth-order valence-electron chi connectivity index (χ4n) is 3.29. The Bertz CT molecular complexity index is 992. The molecule has 2 aromatic rings. The monoisotopic (exact) mass is 416 g/mol. The largest absolute Gasteiger partial charge is 0.484 e. The highest BCUT2D eigenvalue weighted by Crippen LogP contribution is 2.25. The van der Waals surface area contributed by atoms with Gasteiger partial charge in [0.05, 0.1) is 6.26 Å². The molecule has 0 spiro atoms. The first-order valence-electron chi connectivity index (χ1n) is 9.62. The molecule has 0 saturated heterocycles. The standard InChI is InChI=1S/C22H28N2O4S/c1-22(2,3)18-6-9-20(10-7-18)28-15-21(25)23-19-8-5-16-11-12-24(29(4,26)27)14-17(16)13-19/h5-10,13H,11-12,14-15H2,1-4H3,(H,23,25). The van der Waals surface area contributed by atoms with Crippen molar-refractivity contribution in [3.63, 3.8) is 0 Å². The average Bonchev–Trinajstić information content (AvgIpc) is 2.65. The van der Waals surface area contributed by atoms with Crippen LogP contribution in [0.5, 0.6) is 5.75 Å². The molecule has 2 aromatic carbocycles. The van der Waals surface area contributed by atoms with E-state index in [1.807, 2.05) is 42.5 Å². The molecule has 0 aromatic heterocycles. The Kier molecular flexibility index (Phi) is 6.00. The first kappa shape index (κ1) is 21.3. The molecule has 1 heterocycles. The minimum atomic E-state index is -3.23. The number of sulfonamides is 1. The first-order valence-corrected chi connectivity index (χ1v) is 11.5. The maximum absolute atomic E-state index is 12.3. The summed E-state index contributed by atoms with van der Waals surface area (Å²) in [4.78, 5) is 12.3. The fraction of sp³-hybridized carbons (Fsp3) is 0.409. The molecule has 156 valence electrons. The van der Waals surface area contributed by atoms with Crippen LogP contribution in [0.1, 0.15) is 37.5 Å². The van der Waals surface area contributed by atoms with Gasteiger partial charge in [0, 0.05) is 18.8 Å². The van der Waals surface area contributed by atoms with E-state index in [1.54, 1.807) is 0 Å². The highest BCUT2D eigenvalue weighted by atomic mass is 32.2. The molecule has 0 aliphatic carbocycles. The van der Waals surface area contributed by atoms with E-state index in [0.29, 0.717) is 30.9 Å². The third kappa shape index (κ3) is 5.58. The highest BCUT2D eigenvalue weighted by molar-refractivity contribution is 7.88. The molecule has 1 aliphatic rings. The summed E-state index contributed by atoms with van der Waals surface area (Å²) in [6, 6.07) is 13.4. The lowest BCUT2D eigenvalue weighted by Gasteiger charge is -2.27. The topological polar surface area (TPSA) is 75.7 Å². The maximum atomic E-state index is 12.3. The van der Waals surface area contributed by atoms with Gasteiger partial charge < -0.3 is 10.1 Å². The quantitative estimate of drug-likeness (QED) is 0.811. The van der Waals surface area contributed by atoms with Crippen molar-refractivity contribution in [2.75, 3.05) is 24.7 Å². The van der Waals surface area contributed by atoms with Gasteiger partial charge >= 0.3 is 0 Å². The van der Waals surface area contributed by atoms with Crippen LogP contribution < -0.4 is 10.1 Å². The third-order valence-corrected chi connectivity index (χ3v) is 6.28. The minimum absolute atomic E-state index is 0.0645. The number of anilines is 1. The van der Waals surface area contributed by atoms with Gasteiger partial charge in [-0.2, -0.15) is 4.31 Å². The number of nitrogens with zero attached hydrogens (tertiary/aromatic N) is 1. The Hall–Kier alpha value is -2.38. The molecule has 0 radical (unpaired) electrons. The van der Waals surface area contributed by atoms with Crippen molar-refractivity contribution in [2.45, 2.75) is 39.2 Å². The predicted molar refractivity (Wildman–Crippen MR) is 115 cm³/mol. The van der Waals surface area contributed by atoms with Crippen LogP contribution in [0, 0.1) is 0 Å². The Balaban J connectivity index is 1.59. The summed E-state index contributed by atoms with van der Waals surface area (Å²) in [7, 11) is -3.23. The van der Waals surface area contributed by atoms with Gasteiger partial charge in [-0.3, -0.25) is 4.79 Å². The molecule has 0 fully saturated rings. The third-order valence-electron chi connectivity index (χ3n) is 5.03. The second-order valence-electron chi connectivity index (χ2n) is 8.44. The molecule has 6 nitrogen and oxygen atoms in total. The molecule has 0 bridgehead atoms. The first-order chi connectivity index (χ1) is 13.5. The number of nitrogens with one attached hydrogen (secondary N) is 1. The summed E-state index contributed by atoms with van der Waals surface area (Å²) in [5.74, 6) is 0.378. The SMILES string of the molecule is CC(C)(C)c1ccc(OCC(=O)Nc2ccc3c(c2)CN(S(C)(=O)=O)CC3)cc1. The van der Waals surface area contributed by atoms with Crippen molar-refractivity contribution < 1.29 is 17.9 Å². The Morgan fingerprint density at radius 2 is 1.79 bits per heavy atom. The molecule has 1 amide bonds. The van der Waals surface area contributed by atoms with Crippen LogP contribution in [0.2, 0.25) is 0 Å². The van der Waals surface area contributed by atoms with E-state index in [4.69, 9.17) is 4.74 Å². The molecular formula is C22H28N2O4S.